The predicted octanol–water partition coefficient (Wildman–Crippen LogP) is 1.75. The van der Waals surface area contributed by atoms with Crippen molar-refractivity contribution in [2.75, 3.05) is 11.6 Å². The number of hydrogen-bond donors (Lipinski definition) is 1. The van der Waals surface area contributed by atoms with E-state index in [4.69, 9.17) is 4.52 Å². The molecule has 12 heavy (non-hydrogen) atoms. The summed E-state index contributed by atoms with van der Waals surface area (Å²) in [6.07, 6.45) is 2.01. The van der Waals surface area contributed by atoms with Crippen molar-refractivity contribution in [3.05, 3.63) is 5.82 Å². The fourth-order valence-electron chi connectivity index (χ4n) is 0.747. The molecule has 1 aromatic rings. The lowest BCUT2D eigenvalue weighted by Gasteiger charge is -2.01. The maximum atomic E-state index is 4.94. The number of thioether (sulfide) groups is 1. The van der Waals surface area contributed by atoms with Crippen molar-refractivity contribution in [1.29, 1.82) is 0 Å². The molecule has 0 aliphatic heterocycles. The van der Waals surface area contributed by atoms with Crippen molar-refractivity contribution in [3.8, 4) is 0 Å². The summed E-state index contributed by atoms with van der Waals surface area (Å²) >= 11 is 1.67. The van der Waals surface area contributed by atoms with Gasteiger partial charge in [0.15, 0.2) is 5.82 Å². The molecule has 0 aromatic carbocycles. The van der Waals surface area contributed by atoms with Gasteiger partial charge in [0, 0.05) is 6.04 Å². The van der Waals surface area contributed by atoms with Crippen LogP contribution >= 0.6 is 11.8 Å². The number of nitrogens with one attached hydrogen (secondary N) is 1. The normalized spacial score (nSPS) is 10.7. The Labute approximate surface area is 76.1 Å². The van der Waals surface area contributed by atoms with Crippen LogP contribution in [0.15, 0.2) is 4.52 Å². The second-order valence-corrected chi connectivity index (χ2v) is 3.61. The molecule has 1 aromatic heterocycles. The van der Waals surface area contributed by atoms with Crippen LogP contribution in [-0.2, 0) is 5.75 Å². The smallest absolute Gasteiger partial charge is 0.321 e. The minimum absolute atomic E-state index is 0.326. The average Bonchev–Trinajstić information content (AvgIpc) is 2.36. The molecule has 5 heteroatoms. The molecule has 0 aliphatic carbocycles. The molecule has 0 amide bonds. The molecule has 0 spiro atoms. The fourth-order valence-corrected chi connectivity index (χ4v) is 1.12. The Kier molecular flexibility index (Phi) is 3.40. The molecule has 0 fully saturated rings. The van der Waals surface area contributed by atoms with E-state index in [9.17, 15) is 0 Å². The van der Waals surface area contributed by atoms with E-state index in [1.807, 2.05) is 20.1 Å². The quantitative estimate of drug-likeness (QED) is 0.778. The van der Waals surface area contributed by atoms with E-state index in [0.29, 0.717) is 12.1 Å². The van der Waals surface area contributed by atoms with Gasteiger partial charge >= 0.3 is 6.01 Å². The highest BCUT2D eigenvalue weighted by Gasteiger charge is 2.05. The summed E-state index contributed by atoms with van der Waals surface area (Å²) in [5, 5.41) is 6.82. The van der Waals surface area contributed by atoms with Crippen LogP contribution in [0.5, 0.6) is 0 Å². The average molecular weight is 187 g/mol. The maximum absolute atomic E-state index is 4.94. The monoisotopic (exact) mass is 187 g/mol. The summed E-state index contributed by atoms with van der Waals surface area (Å²) in [6.45, 7) is 4.05. The van der Waals surface area contributed by atoms with Gasteiger partial charge in [-0.1, -0.05) is 5.16 Å². The molecule has 4 nitrogen and oxygen atoms in total. The van der Waals surface area contributed by atoms with Crippen LogP contribution in [-0.4, -0.2) is 22.4 Å². The Balaban J connectivity index is 2.52. The predicted molar refractivity (Wildman–Crippen MR) is 50.3 cm³/mol. The molecule has 0 atom stereocenters. The van der Waals surface area contributed by atoms with Gasteiger partial charge in [0.1, 0.15) is 0 Å². The van der Waals surface area contributed by atoms with Gasteiger partial charge in [-0.2, -0.15) is 16.7 Å². The first-order chi connectivity index (χ1) is 5.72. The highest BCUT2D eigenvalue weighted by molar-refractivity contribution is 7.97. The summed E-state index contributed by atoms with van der Waals surface area (Å²) < 4.78 is 4.94. The van der Waals surface area contributed by atoms with Crippen molar-refractivity contribution in [2.45, 2.75) is 25.6 Å². The van der Waals surface area contributed by atoms with Gasteiger partial charge in [-0.25, -0.2) is 0 Å². The van der Waals surface area contributed by atoms with E-state index in [2.05, 4.69) is 15.5 Å². The summed E-state index contributed by atoms with van der Waals surface area (Å²) in [5.74, 6) is 1.54. The summed E-state index contributed by atoms with van der Waals surface area (Å²) in [4.78, 5) is 4.13. The third kappa shape index (κ3) is 2.73. The molecule has 0 radical (unpaired) electrons. The number of anilines is 1. The van der Waals surface area contributed by atoms with Gasteiger partial charge in [0.2, 0.25) is 0 Å². The summed E-state index contributed by atoms with van der Waals surface area (Å²) in [5.41, 5.74) is 0. The molecular weight excluding hydrogens is 174 g/mol. The lowest BCUT2D eigenvalue weighted by Crippen LogP contribution is -2.09. The maximum Gasteiger partial charge on any atom is 0.321 e. The van der Waals surface area contributed by atoms with Crippen LogP contribution in [0.25, 0.3) is 0 Å². The number of rotatable bonds is 4. The first-order valence-electron chi connectivity index (χ1n) is 3.80. The Morgan fingerprint density at radius 3 is 2.92 bits per heavy atom. The number of hydrogen-bond acceptors (Lipinski definition) is 5. The fraction of sp³-hybridized carbons (Fsp3) is 0.714. The Hall–Kier alpha value is -0.710. The topological polar surface area (TPSA) is 51.0 Å². The summed E-state index contributed by atoms with van der Waals surface area (Å²) in [7, 11) is 0. The minimum Gasteiger partial charge on any atom is -0.336 e. The van der Waals surface area contributed by atoms with Gasteiger partial charge in [-0.3, -0.25) is 0 Å². The zero-order valence-electron chi connectivity index (χ0n) is 7.50. The first kappa shape index (κ1) is 9.38. The molecule has 0 saturated carbocycles. The largest absolute Gasteiger partial charge is 0.336 e. The third-order valence-corrected chi connectivity index (χ3v) is 1.70. The molecule has 0 bridgehead atoms. The Morgan fingerprint density at radius 2 is 2.33 bits per heavy atom. The second kappa shape index (κ2) is 4.35. The van der Waals surface area contributed by atoms with Crippen molar-refractivity contribution in [1.82, 2.24) is 10.1 Å². The SMILES string of the molecule is CSCc1noc(NC(C)C)n1. The second-order valence-electron chi connectivity index (χ2n) is 2.75. The third-order valence-electron chi connectivity index (χ3n) is 1.15. The molecule has 1 N–H and O–H groups in total. The van der Waals surface area contributed by atoms with Gasteiger partial charge in [-0.05, 0) is 20.1 Å². The highest BCUT2D eigenvalue weighted by Crippen LogP contribution is 2.09. The van der Waals surface area contributed by atoms with Gasteiger partial charge in [0.25, 0.3) is 0 Å². The zero-order valence-corrected chi connectivity index (χ0v) is 8.31. The molecule has 0 saturated heterocycles. The van der Waals surface area contributed by atoms with E-state index in [1.165, 1.54) is 0 Å². The number of nitrogens with zero attached hydrogens (tertiary/aromatic N) is 2. The highest BCUT2D eigenvalue weighted by atomic mass is 32.2. The number of aromatic nitrogens is 2. The molecule has 0 aliphatic rings. The molecule has 0 unspecified atom stereocenters. The Bertz CT molecular complexity index is 236. The minimum atomic E-state index is 0.326. The van der Waals surface area contributed by atoms with Gasteiger partial charge in [0.05, 0.1) is 5.75 Å². The first-order valence-corrected chi connectivity index (χ1v) is 5.20. The van der Waals surface area contributed by atoms with E-state index < -0.39 is 0 Å². The van der Waals surface area contributed by atoms with E-state index in [-0.39, 0.29) is 0 Å². The molecule has 1 rings (SSSR count). The van der Waals surface area contributed by atoms with Crippen LogP contribution in [0.4, 0.5) is 6.01 Å². The molecule has 1 heterocycles. The van der Waals surface area contributed by atoms with Crippen molar-refractivity contribution in [3.63, 3.8) is 0 Å². The van der Waals surface area contributed by atoms with Gasteiger partial charge < -0.3 is 9.84 Å². The Morgan fingerprint density at radius 1 is 1.58 bits per heavy atom. The molecule has 68 valence electrons. The van der Waals surface area contributed by atoms with Crippen LogP contribution in [0.3, 0.4) is 0 Å². The van der Waals surface area contributed by atoms with Crippen molar-refractivity contribution in [2.24, 2.45) is 0 Å². The van der Waals surface area contributed by atoms with E-state index >= 15 is 0 Å². The zero-order chi connectivity index (χ0) is 8.97. The van der Waals surface area contributed by atoms with E-state index in [1.54, 1.807) is 11.8 Å². The standard InChI is InChI=1S/C7H13N3OS/c1-5(2)8-7-9-6(4-12-3)10-11-7/h5H,4H2,1-3H3,(H,8,9,10). The lowest BCUT2D eigenvalue weighted by atomic mass is 10.4. The van der Waals surface area contributed by atoms with Crippen LogP contribution in [0, 0.1) is 0 Å². The van der Waals surface area contributed by atoms with Crippen LogP contribution < -0.4 is 5.32 Å². The van der Waals surface area contributed by atoms with Crippen LogP contribution in [0.2, 0.25) is 0 Å². The molecular formula is C7H13N3OS. The van der Waals surface area contributed by atoms with Crippen LogP contribution in [0.1, 0.15) is 19.7 Å². The van der Waals surface area contributed by atoms with Gasteiger partial charge in [-0.15, -0.1) is 0 Å². The van der Waals surface area contributed by atoms with Crippen molar-refractivity contribution >= 4 is 17.8 Å². The summed E-state index contributed by atoms with van der Waals surface area (Å²) in [6, 6.07) is 0.835. The van der Waals surface area contributed by atoms with Crippen molar-refractivity contribution < 1.29 is 4.52 Å². The lowest BCUT2D eigenvalue weighted by molar-refractivity contribution is 0.422. The van der Waals surface area contributed by atoms with E-state index in [0.717, 1.165) is 11.6 Å².